The van der Waals surface area contributed by atoms with Gasteiger partial charge in [-0.05, 0) is 32.5 Å². The van der Waals surface area contributed by atoms with E-state index in [1.165, 1.54) is 11.7 Å². The van der Waals surface area contributed by atoms with Gasteiger partial charge in [0.1, 0.15) is 0 Å². The molecule has 0 N–H and O–H groups in total. The van der Waals surface area contributed by atoms with Gasteiger partial charge in [-0.15, -0.1) is 0 Å². The minimum absolute atomic E-state index is 0.755. The van der Waals surface area contributed by atoms with Gasteiger partial charge >= 0.3 is 5.17 Å². The number of thioether (sulfide) groups is 1. The first-order chi connectivity index (χ1) is 5.69. The molecule has 1 aliphatic heterocycles. The van der Waals surface area contributed by atoms with Gasteiger partial charge in [0.15, 0.2) is 0 Å². The number of nitrogens with zero attached hydrogens (tertiary/aromatic N) is 2. The molecule has 1 aliphatic rings. The summed E-state index contributed by atoms with van der Waals surface area (Å²) in [7, 11) is 2.18. The lowest BCUT2D eigenvalue weighted by Gasteiger charge is -2.12. The van der Waals surface area contributed by atoms with Crippen LogP contribution in [0.1, 0.15) is 20.8 Å². The molecule has 0 aromatic carbocycles. The van der Waals surface area contributed by atoms with Crippen molar-refractivity contribution in [2.45, 2.75) is 26.0 Å². The lowest BCUT2D eigenvalue weighted by molar-refractivity contribution is -0.494. The van der Waals surface area contributed by atoms with E-state index in [0.29, 0.717) is 0 Å². The highest BCUT2D eigenvalue weighted by Gasteiger charge is 2.28. The molecule has 1 unspecified atom stereocenters. The highest BCUT2D eigenvalue weighted by molar-refractivity contribution is 8.14. The van der Waals surface area contributed by atoms with Crippen molar-refractivity contribution in [3.63, 3.8) is 0 Å². The zero-order valence-electron chi connectivity index (χ0n) is 8.50. The first-order valence-electron chi connectivity index (χ1n) is 4.68. The number of amidine groups is 1. The topological polar surface area (TPSA) is 6.25 Å². The van der Waals surface area contributed by atoms with E-state index in [4.69, 9.17) is 0 Å². The summed E-state index contributed by atoms with van der Waals surface area (Å²) in [6.07, 6.45) is 0. The molecule has 0 bridgehead atoms. The highest BCUT2D eigenvalue weighted by atomic mass is 32.2. The Balaban J connectivity index is 2.66. The first kappa shape index (κ1) is 9.90. The van der Waals surface area contributed by atoms with Gasteiger partial charge in [-0.3, -0.25) is 9.48 Å². The molecule has 2 nitrogen and oxygen atoms in total. The van der Waals surface area contributed by atoms with Crippen molar-refractivity contribution in [2.24, 2.45) is 0 Å². The van der Waals surface area contributed by atoms with Crippen LogP contribution in [0.4, 0.5) is 0 Å². The summed E-state index contributed by atoms with van der Waals surface area (Å²) in [6, 6.07) is 0. The van der Waals surface area contributed by atoms with E-state index >= 15 is 0 Å². The summed E-state index contributed by atoms with van der Waals surface area (Å²) in [6.45, 7) is 10.2. The Labute approximate surface area is 79.6 Å². The van der Waals surface area contributed by atoms with Gasteiger partial charge in [-0.2, -0.15) is 0 Å². The molecule has 70 valence electrons. The summed E-state index contributed by atoms with van der Waals surface area (Å²) in [5.41, 5.74) is 0. The third-order valence-electron chi connectivity index (χ3n) is 2.20. The van der Waals surface area contributed by atoms with Gasteiger partial charge in [0.05, 0.1) is 31.9 Å². The second-order valence-electron chi connectivity index (χ2n) is 3.26. The first-order valence-corrected chi connectivity index (χ1v) is 5.56. The summed E-state index contributed by atoms with van der Waals surface area (Å²) in [5, 5.41) is 2.21. The Hall–Kier alpha value is -0.180. The molecule has 0 aliphatic carbocycles. The average molecular weight is 187 g/mol. The van der Waals surface area contributed by atoms with Crippen molar-refractivity contribution in [1.82, 2.24) is 4.90 Å². The molecule has 0 aromatic heterocycles. The minimum atomic E-state index is 0.755. The Morgan fingerprint density at radius 1 is 1.50 bits per heavy atom. The van der Waals surface area contributed by atoms with Gasteiger partial charge in [0.2, 0.25) is 0 Å². The molecule has 1 rings (SSSR count). The fourth-order valence-electron chi connectivity index (χ4n) is 1.58. The molecular weight excluding hydrogens is 168 g/mol. The third kappa shape index (κ3) is 1.94. The maximum atomic E-state index is 2.42. The molecule has 0 spiro atoms. The molecule has 0 radical (unpaired) electrons. The Bertz CT molecular complexity index is 185. The summed E-state index contributed by atoms with van der Waals surface area (Å²) < 4.78 is 2.36. The fraction of sp³-hybridized carbons (Fsp3) is 0.889. The molecule has 12 heavy (non-hydrogen) atoms. The molecule has 0 amide bonds. The molecule has 3 heteroatoms. The van der Waals surface area contributed by atoms with Crippen molar-refractivity contribution < 1.29 is 4.58 Å². The zero-order valence-corrected chi connectivity index (χ0v) is 9.32. The van der Waals surface area contributed by atoms with E-state index < -0.39 is 0 Å². The zero-order chi connectivity index (χ0) is 9.14. The van der Waals surface area contributed by atoms with Crippen LogP contribution in [0.25, 0.3) is 0 Å². The van der Waals surface area contributed by atoms with Crippen LogP contribution < -0.4 is 0 Å². The summed E-state index contributed by atoms with van der Waals surface area (Å²) >= 11 is 2.00. The lowest BCUT2D eigenvalue weighted by atomic mass is 10.5. The second kappa shape index (κ2) is 4.17. The standard InChI is InChI=1S/C9H19N2S/c1-5-11(6-2)9-10(4)7-8(3)12-9/h8H,5-7H2,1-4H3/q+1. The van der Waals surface area contributed by atoms with Crippen molar-refractivity contribution in [1.29, 1.82) is 0 Å². The van der Waals surface area contributed by atoms with E-state index in [9.17, 15) is 0 Å². The van der Waals surface area contributed by atoms with Crippen LogP contribution >= 0.6 is 11.8 Å². The Morgan fingerprint density at radius 3 is 2.42 bits per heavy atom. The van der Waals surface area contributed by atoms with E-state index in [2.05, 4.69) is 37.3 Å². The van der Waals surface area contributed by atoms with Crippen LogP contribution in [0.5, 0.6) is 0 Å². The van der Waals surface area contributed by atoms with Crippen molar-refractivity contribution in [2.75, 3.05) is 26.7 Å². The number of hydrogen-bond acceptors (Lipinski definition) is 2. The molecule has 0 fully saturated rings. The average Bonchev–Trinajstić information content (AvgIpc) is 2.34. The number of rotatable bonds is 2. The maximum absolute atomic E-state index is 2.42. The van der Waals surface area contributed by atoms with E-state index in [1.54, 1.807) is 0 Å². The van der Waals surface area contributed by atoms with Gasteiger partial charge in [0.25, 0.3) is 0 Å². The predicted molar refractivity (Wildman–Crippen MR) is 56.0 cm³/mol. The normalized spacial score (nSPS) is 23.5. The Kier molecular flexibility index (Phi) is 3.44. The van der Waals surface area contributed by atoms with Crippen LogP contribution in [0.15, 0.2) is 0 Å². The third-order valence-corrected chi connectivity index (χ3v) is 3.53. The van der Waals surface area contributed by atoms with Gasteiger partial charge in [-0.25, -0.2) is 0 Å². The van der Waals surface area contributed by atoms with Crippen LogP contribution in [0.3, 0.4) is 0 Å². The van der Waals surface area contributed by atoms with Crippen LogP contribution in [0.2, 0.25) is 0 Å². The fourth-order valence-corrected chi connectivity index (χ4v) is 2.90. The van der Waals surface area contributed by atoms with Crippen LogP contribution in [-0.2, 0) is 0 Å². The second-order valence-corrected chi connectivity index (χ2v) is 4.67. The van der Waals surface area contributed by atoms with Crippen LogP contribution in [-0.4, -0.2) is 46.6 Å². The molecule has 0 aromatic rings. The minimum Gasteiger partial charge on any atom is -0.258 e. The smallest absolute Gasteiger partial charge is 0.258 e. The van der Waals surface area contributed by atoms with Crippen molar-refractivity contribution in [3.05, 3.63) is 0 Å². The summed E-state index contributed by atoms with van der Waals surface area (Å²) in [5.74, 6) is 0. The SMILES string of the molecule is CCN(CC)C1=[N+](C)CC(C)S1. The highest BCUT2D eigenvalue weighted by Crippen LogP contribution is 2.21. The van der Waals surface area contributed by atoms with Crippen molar-refractivity contribution >= 4 is 16.9 Å². The van der Waals surface area contributed by atoms with E-state index in [0.717, 1.165) is 18.3 Å². The quantitative estimate of drug-likeness (QED) is 0.604. The molecule has 0 saturated heterocycles. The van der Waals surface area contributed by atoms with Crippen LogP contribution in [0, 0.1) is 0 Å². The van der Waals surface area contributed by atoms with Crippen molar-refractivity contribution in [3.8, 4) is 0 Å². The monoisotopic (exact) mass is 187 g/mol. The van der Waals surface area contributed by atoms with E-state index in [-0.39, 0.29) is 0 Å². The van der Waals surface area contributed by atoms with Gasteiger partial charge in [-0.1, -0.05) is 0 Å². The van der Waals surface area contributed by atoms with Gasteiger partial charge in [0, 0.05) is 0 Å². The predicted octanol–water partition coefficient (Wildman–Crippen LogP) is 1.46. The lowest BCUT2D eigenvalue weighted by Crippen LogP contribution is -2.31. The largest absolute Gasteiger partial charge is 0.308 e. The Morgan fingerprint density at radius 2 is 2.08 bits per heavy atom. The van der Waals surface area contributed by atoms with E-state index in [1.807, 2.05) is 11.8 Å². The summed E-state index contributed by atoms with van der Waals surface area (Å²) in [4.78, 5) is 2.42. The molecule has 1 atom stereocenters. The number of hydrogen-bond donors (Lipinski definition) is 0. The molecule has 0 saturated carbocycles. The molecular formula is C9H19N2S+. The van der Waals surface area contributed by atoms with Gasteiger partial charge < -0.3 is 0 Å². The molecule has 1 heterocycles. The maximum Gasteiger partial charge on any atom is 0.308 e.